The van der Waals surface area contributed by atoms with Crippen LogP contribution in [0.2, 0.25) is 0 Å². The number of nitrogens with zero attached hydrogens (tertiary/aromatic N) is 1. The largest absolute Gasteiger partial charge is 0.491 e. The summed E-state index contributed by atoms with van der Waals surface area (Å²) in [6.07, 6.45) is -5.69. The number of fused-ring (bicyclic) bond motifs is 1. The van der Waals surface area contributed by atoms with Gasteiger partial charge in [-0.05, 0) is 43.3 Å². The molecule has 170 valence electrons. The highest BCUT2D eigenvalue weighted by Gasteiger charge is 2.30. The van der Waals surface area contributed by atoms with E-state index < -0.39 is 34.9 Å². The van der Waals surface area contributed by atoms with Gasteiger partial charge in [0.25, 0.3) is 5.91 Å². The molecule has 0 aliphatic rings. The molecule has 3 aromatic rings. The standard InChI is InChI=1S/C21H20F3N3O5/c1-2-27-17-7-6-12(8-16(17)26-19(30)20(27)31)18(29)25-10-14(28)11-32-15-5-3-4-13(9-15)21(22,23)24/h3-9,14,28H,2,10-11H2,1H3,(H,25,29)(H,26,30). The van der Waals surface area contributed by atoms with Gasteiger partial charge in [-0.15, -0.1) is 0 Å². The van der Waals surface area contributed by atoms with Gasteiger partial charge in [0.15, 0.2) is 0 Å². The molecule has 0 radical (unpaired) electrons. The number of ether oxygens (including phenoxy) is 1. The van der Waals surface area contributed by atoms with Crippen molar-refractivity contribution in [3.05, 3.63) is 74.3 Å². The molecule has 1 amide bonds. The van der Waals surface area contributed by atoms with E-state index in [-0.39, 0.29) is 31.0 Å². The van der Waals surface area contributed by atoms with Crippen LogP contribution in [0.15, 0.2) is 52.1 Å². The Labute approximate surface area is 179 Å². The average Bonchev–Trinajstić information content (AvgIpc) is 2.76. The molecule has 11 heteroatoms. The SMILES string of the molecule is CCn1c(=O)c(=O)[nH]c2cc(C(=O)NCC(O)COc3cccc(C(F)(F)F)c3)ccc21. The number of nitrogens with one attached hydrogen (secondary N) is 2. The summed E-state index contributed by atoms with van der Waals surface area (Å²) < 4.78 is 44.6. The smallest absolute Gasteiger partial charge is 0.416 e. The number of rotatable bonds is 7. The molecule has 0 fully saturated rings. The maximum atomic E-state index is 12.7. The van der Waals surface area contributed by atoms with Crippen LogP contribution < -0.4 is 21.2 Å². The molecule has 1 unspecified atom stereocenters. The molecule has 3 rings (SSSR count). The van der Waals surface area contributed by atoms with Crippen LogP contribution >= 0.6 is 0 Å². The predicted molar refractivity (Wildman–Crippen MR) is 110 cm³/mol. The molecule has 2 aromatic carbocycles. The van der Waals surface area contributed by atoms with E-state index in [0.717, 1.165) is 12.1 Å². The lowest BCUT2D eigenvalue weighted by atomic mass is 10.1. The molecule has 0 saturated carbocycles. The monoisotopic (exact) mass is 451 g/mol. The first-order chi connectivity index (χ1) is 15.1. The second-order valence-corrected chi connectivity index (χ2v) is 6.94. The van der Waals surface area contributed by atoms with E-state index >= 15 is 0 Å². The van der Waals surface area contributed by atoms with Gasteiger partial charge in [-0.1, -0.05) is 6.07 Å². The van der Waals surface area contributed by atoms with E-state index in [4.69, 9.17) is 4.74 Å². The summed E-state index contributed by atoms with van der Waals surface area (Å²) >= 11 is 0. The Morgan fingerprint density at radius 2 is 1.97 bits per heavy atom. The van der Waals surface area contributed by atoms with Crippen LogP contribution in [0.5, 0.6) is 5.75 Å². The van der Waals surface area contributed by atoms with Crippen molar-refractivity contribution in [1.29, 1.82) is 0 Å². The van der Waals surface area contributed by atoms with Gasteiger partial charge in [-0.25, -0.2) is 0 Å². The number of aromatic nitrogens is 2. The number of carbonyl (C=O) groups is 1. The van der Waals surface area contributed by atoms with Crippen molar-refractivity contribution >= 4 is 16.9 Å². The normalized spacial score (nSPS) is 12.5. The molecule has 3 N–H and O–H groups in total. The fourth-order valence-corrected chi connectivity index (χ4v) is 3.06. The summed E-state index contributed by atoms with van der Waals surface area (Å²) in [6.45, 7) is 1.43. The zero-order chi connectivity index (χ0) is 23.5. The van der Waals surface area contributed by atoms with Crippen LogP contribution in [0.3, 0.4) is 0 Å². The van der Waals surface area contributed by atoms with E-state index in [9.17, 15) is 32.7 Å². The predicted octanol–water partition coefficient (Wildman–Crippen LogP) is 1.90. The van der Waals surface area contributed by atoms with Gasteiger partial charge < -0.3 is 24.7 Å². The van der Waals surface area contributed by atoms with Gasteiger partial charge in [0.05, 0.1) is 16.6 Å². The number of carbonyl (C=O) groups excluding carboxylic acids is 1. The number of hydrogen-bond acceptors (Lipinski definition) is 5. The minimum atomic E-state index is -4.51. The molecule has 8 nitrogen and oxygen atoms in total. The Balaban J connectivity index is 1.62. The highest BCUT2D eigenvalue weighted by Crippen LogP contribution is 2.31. The quantitative estimate of drug-likeness (QED) is 0.475. The van der Waals surface area contributed by atoms with E-state index in [1.807, 2.05) is 0 Å². The van der Waals surface area contributed by atoms with Crippen LogP contribution in [-0.4, -0.2) is 39.8 Å². The van der Waals surface area contributed by atoms with Crippen LogP contribution in [0.4, 0.5) is 13.2 Å². The second kappa shape index (κ2) is 9.27. The maximum absolute atomic E-state index is 12.7. The lowest BCUT2D eigenvalue weighted by Crippen LogP contribution is -2.36. The summed E-state index contributed by atoms with van der Waals surface area (Å²) in [4.78, 5) is 38.5. The van der Waals surface area contributed by atoms with E-state index in [2.05, 4.69) is 10.3 Å². The van der Waals surface area contributed by atoms with Crippen molar-refractivity contribution in [2.45, 2.75) is 25.7 Å². The van der Waals surface area contributed by atoms with Gasteiger partial charge in [0.1, 0.15) is 18.5 Å². The van der Waals surface area contributed by atoms with Crippen molar-refractivity contribution in [3.63, 3.8) is 0 Å². The minimum Gasteiger partial charge on any atom is -0.491 e. The van der Waals surface area contributed by atoms with Gasteiger partial charge in [-0.2, -0.15) is 13.2 Å². The highest BCUT2D eigenvalue weighted by molar-refractivity contribution is 5.97. The third-order valence-corrected chi connectivity index (χ3v) is 4.66. The van der Waals surface area contributed by atoms with Crippen molar-refractivity contribution in [1.82, 2.24) is 14.9 Å². The summed E-state index contributed by atoms with van der Waals surface area (Å²) in [6, 6.07) is 8.63. The highest BCUT2D eigenvalue weighted by atomic mass is 19.4. The maximum Gasteiger partial charge on any atom is 0.416 e. The fourth-order valence-electron chi connectivity index (χ4n) is 3.06. The number of H-pyrrole nitrogens is 1. The number of aromatic amines is 1. The van der Waals surface area contributed by atoms with Gasteiger partial charge >= 0.3 is 17.3 Å². The molecule has 1 aromatic heterocycles. The molecule has 32 heavy (non-hydrogen) atoms. The third-order valence-electron chi connectivity index (χ3n) is 4.66. The molecule has 0 spiro atoms. The minimum absolute atomic E-state index is 0.0642. The first-order valence-electron chi connectivity index (χ1n) is 9.63. The molecule has 0 aliphatic carbocycles. The first-order valence-corrected chi connectivity index (χ1v) is 9.63. The van der Waals surface area contributed by atoms with Gasteiger partial charge in [-0.3, -0.25) is 14.4 Å². The number of alkyl halides is 3. The Morgan fingerprint density at radius 1 is 1.22 bits per heavy atom. The molecule has 0 bridgehead atoms. The summed E-state index contributed by atoms with van der Waals surface area (Å²) in [5.41, 5.74) is -1.43. The van der Waals surface area contributed by atoms with E-state index in [0.29, 0.717) is 11.0 Å². The Kier molecular flexibility index (Phi) is 6.68. The number of benzene rings is 2. The average molecular weight is 451 g/mol. The Bertz CT molecular complexity index is 1250. The van der Waals surface area contributed by atoms with Crippen molar-refractivity contribution < 1.29 is 27.8 Å². The first kappa shape index (κ1) is 23.1. The van der Waals surface area contributed by atoms with E-state index in [1.165, 1.54) is 34.9 Å². The second-order valence-electron chi connectivity index (χ2n) is 6.94. The van der Waals surface area contributed by atoms with Crippen molar-refractivity contribution in [2.75, 3.05) is 13.2 Å². The number of aliphatic hydroxyl groups is 1. The summed E-state index contributed by atoms with van der Waals surface area (Å²) in [5.74, 6) is -0.620. The molecule has 0 saturated heterocycles. The topological polar surface area (TPSA) is 113 Å². The molecule has 0 aliphatic heterocycles. The van der Waals surface area contributed by atoms with Crippen molar-refractivity contribution in [3.8, 4) is 5.75 Å². The summed E-state index contributed by atoms with van der Waals surface area (Å²) in [7, 11) is 0. The van der Waals surface area contributed by atoms with Crippen molar-refractivity contribution in [2.24, 2.45) is 0 Å². The number of amides is 1. The van der Waals surface area contributed by atoms with Gasteiger partial charge in [0.2, 0.25) is 0 Å². The van der Waals surface area contributed by atoms with Gasteiger partial charge in [0, 0.05) is 18.7 Å². The Morgan fingerprint density at radius 3 is 2.66 bits per heavy atom. The number of halogens is 3. The molecule has 1 atom stereocenters. The lowest BCUT2D eigenvalue weighted by molar-refractivity contribution is -0.137. The van der Waals surface area contributed by atoms with Crippen LogP contribution in [-0.2, 0) is 12.7 Å². The Hall–Kier alpha value is -3.60. The van der Waals surface area contributed by atoms with Crippen LogP contribution in [0.25, 0.3) is 11.0 Å². The van der Waals surface area contributed by atoms with Crippen LogP contribution in [0.1, 0.15) is 22.8 Å². The zero-order valence-electron chi connectivity index (χ0n) is 16.9. The third kappa shape index (κ3) is 5.17. The zero-order valence-corrected chi connectivity index (χ0v) is 16.9. The van der Waals surface area contributed by atoms with Crippen LogP contribution in [0, 0.1) is 0 Å². The number of aliphatic hydroxyl groups excluding tert-OH is 1. The fraction of sp³-hybridized carbons (Fsp3) is 0.286. The summed E-state index contributed by atoms with van der Waals surface area (Å²) in [5, 5.41) is 12.5. The lowest BCUT2D eigenvalue weighted by Gasteiger charge is -2.15. The molecule has 1 heterocycles. The number of aryl methyl sites for hydroxylation is 1. The number of hydrogen-bond donors (Lipinski definition) is 3. The molecular weight excluding hydrogens is 431 g/mol. The molecular formula is C21H20F3N3O5. The van der Waals surface area contributed by atoms with E-state index in [1.54, 1.807) is 6.92 Å².